The Hall–Kier alpha value is -3.67. The van der Waals surface area contributed by atoms with Crippen LogP contribution < -0.4 is 10.2 Å². The van der Waals surface area contributed by atoms with E-state index in [9.17, 15) is 61.0 Å². The number of benzene rings is 2. The van der Waals surface area contributed by atoms with Gasteiger partial charge in [0, 0.05) is 17.7 Å². The Morgan fingerprint density at radius 1 is 0.745 bits per heavy atom. The summed E-state index contributed by atoms with van der Waals surface area (Å²) in [4.78, 5) is 14.0. The van der Waals surface area contributed by atoms with E-state index in [1.165, 1.54) is 31.2 Å². The lowest BCUT2D eigenvalue weighted by Gasteiger charge is -2.45. The molecular formula is C32H38O19. The van der Waals surface area contributed by atoms with Gasteiger partial charge in [-0.1, -0.05) is 0 Å². The van der Waals surface area contributed by atoms with Crippen molar-refractivity contribution in [3.63, 3.8) is 0 Å². The average molecular weight is 727 g/mol. The first-order valence-corrected chi connectivity index (χ1v) is 15.8. The average Bonchev–Trinajstić information content (AvgIpc) is 3.09. The molecule has 3 saturated heterocycles. The monoisotopic (exact) mass is 726 g/mol. The molecule has 6 rings (SSSR count). The molecule has 3 aromatic rings. The molecule has 19 heteroatoms. The summed E-state index contributed by atoms with van der Waals surface area (Å²) in [5, 5.41) is 114. The van der Waals surface area contributed by atoms with Crippen LogP contribution in [0, 0.1) is 0 Å². The quantitative estimate of drug-likeness (QED) is 0.111. The van der Waals surface area contributed by atoms with Gasteiger partial charge in [0.25, 0.3) is 0 Å². The van der Waals surface area contributed by atoms with E-state index in [0.717, 1.165) is 12.1 Å². The number of phenols is 3. The highest BCUT2D eigenvalue weighted by molar-refractivity contribution is 5.88. The molecule has 51 heavy (non-hydrogen) atoms. The van der Waals surface area contributed by atoms with Crippen LogP contribution in [0.1, 0.15) is 6.92 Å². The molecule has 3 aliphatic heterocycles. The number of aliphatic hydroxyl groups is 8. The lowest BCUT2D eigenvalue weighted by atomic mass is 9.98. The molecule has 0 saturated carbocycles. The number of ether oxygens (including phenoxy) is 6. The van der Waals surface area contributed by atoms with Gasteiger partial charge in [-0.25, -0.2) is 0 Å². The normalized spacial score (nSPS) is 37.4. The highest BCUT2D eigenvalue weighted by atomic mass is 16.8. The summed E-state index contributed by atoms with van der Waals surface area (Å²) in [6.45, 7) is 0.243. The summed E-state index contributed by atoms with van der Waals surface area (Å²) in [5.74, 6) is -2.27. The SMILES string of the molecule is C[C@H]1O[C@@H](OC[C@@H]2O[C@H](Oc3c(-c4ccc(O)cc4)oc4cc(O)cc(O)c4c3=O)[C@@H](O[C@@H]3OC[C@@H](O)[C@H](O)[C@@H]3O)[C@H](O)[C@H]2O)[C@H](O)[C@H](O)[C@H]1O. The smallest absolute Gasteiger partial charge is 0.239 e. The van der Waals surface area contributed by atoms with Gasteiger partial charge in [0.2, 0.25) is 17.5 Å². The fourth-order valence-electron chi connectivity index (χ4n) is 5.97. The van der Waals surface area contributed by atoms with Gasteiger partial charge in [-0.15, -0.1) is 0 Å². The highest BCUT2D eigenvalue weighted by Gasteiger charge is 2.51. The van der Waals surface area contributed by atoms with Crippen LogP contribution in [0.2, 0.25) is 0 Å². The van der Waals surface area contributed by atoms with Crippen LogP contribution in [0.15, 0.2) is 45.6 Å². The van der Waals surface area contributed by atoms with Gasteiger partial charge < -0.3 is 89.0 Å². The number of rotatable bonds is 8. The summed E-state index contributed by atoms with van der Waals surface area (Å²) < 4.78 is 39.9. The largest absolute Gasteiger partial charge is 0.508 e. The minimum Gasteiger partial charge on any atom is -0.508 e. The summed E-state index contributed by atoms with van der Waals surface area (Å²) in [6, 6.07) is 7.15. The van der Waals surface area contributed by atoms with E-state index < -0.39 is 127 Å². The zero-order chi connectivity index (χ0) is 36.9. The third-order valence-electron chi connectivity index (χ3n) is 8.90. The first-order valence-electron chi connectivity index (χ1n) is 15.8. The Labute approximate surface area is 287 Å². The molecule has 280 valence electrons. The molecule has 2 aromatic carbocycles. The topological polar surface area (TPSA) is 308 Å². The number of fused-ring (bicyclic) bond motifs is 1. The van der Waals surface area contributed by atoms with Gasteiger partial charge in [-0.2, -0.15) is 0 Å². The fraction of sp³-hybridized carbons (Fsp3) is 0.531. The molecule has 0 amide bonds. The highest BCUT2D eigenvalue weighted by Crippen LogP contribution is 2.38. The van der Waals surface area contributed by atoms with E-state index in [0.29, 0.717) is 0 Å². The zero-order valence-electron chi connectivity index (χ0n) is 26.6. The summed E-state index contributed by atoms with van der Waals surface area (Å²) >= 11 is 0. The lowest BCUT2D eigenvalue weighted by Crippen LogP contribution is -2.64. The Bertz CT molecular complexity index is 1730. The first kappa shape index (κ1) is 37.1. The molecule has 0 radical (unpaired) electrons. The van der Waals surface area contributed by atoms with Gasteiger partial charge >= 0.3 is 0 Å². The van der Waals surface area contributed by atoms with Crippen LogP contribution in [-0.4, -0.2) is 155 Å². The summed E-state index contributed by atoms with van der Waals surface area (Å²) in [7, 11) is 0. The molecule has 0 spiro atoms. The van der Waals surface area contributed by atoms with E-state index in [4.69, 9.17) is 32.8 Å². The zero-order valence-corrected chi connectivity index (χ0v) is 26.6. The molecule has 3 aliphatic rings. The Morgan fingerprint density at radius 3 is 2.14 bits per heavy atom. The van der Waals surface area contributed by atoms with Crippen molar-refractivity contribution in [1.29, 1.82) is 0 Å². The van der Waals surface area contributed by atoms with E-state index in [1.807, 2.05) is 0 Å². The number of hydrogen-bond acceptors (Lipinski definition) is 19. The van der Waals surface area contributed by atoms with E-state index >= 15 is 0 Å². The second kappa shape index (κ2) is 14.8. The lowest BCUT2D eigenvalue weighted by molar-refractivity contribution is -0.352. The maximum Gasteiger partial charge on any atom is 0.239 e. The van der Waals surface area contributed by atoms with Crippen molar-refractivity contribution in [2.45, 2.75) is 92.9 Å². The third kappa shape index (κ3) is 7.22. The van der Waals surface area contributed by atoms with E-state index in [2.05, 4.69) is 0 Å². The third-order valence-corrected chi connectivity index (χ3v) is 8.90. The van der Waals surface area contributed by atoms with Gasteiger partial charge in [-0.05, 0) is 31.2 Å². The molecule has 4 heterocycles. The van der Waals surface area contributed by atoms with Gasteiger partial charge in [-0.3, -0.25) is 4.79 Å². The number of hydrogen-bond donors (Lipinski definition) is 11. The first-order chi connectivity index (χ1) is 24.2. The predicted octanol–water partition coefficient (Wildman–Crippen LogP) is -2.93. The molecule has 11 N–H and O–H groups in total. The fourth-order valence-corrected chi connectivity index (χ4v) is 5.97. The van der Waals surface area contributed by atoms with Crippen molar-refractivity contribution in [1.82, 2.24) is 0 Å². The van der Waals surface area contributed by atoms with Crippen LogP contribution in [0.5, 0.6) is 23.0 Å². The van der Waals surface area contributed by atoms with Gasteiger partial charge in [0.15, 0.2) is 24.4 Å². The molecule has 14 atom stereocenters. The van der Waals surface area contributed by atoms with Crippen molar-refractivity contribution >= 4 is 11.0 Å². The van der Waals surface area contributed by atoms with E-state index in [-0.39, 0.29) is 22.7 Å². The molecule has 0 aliphatic carbocycles. The second-order valence-electron chi connectivity index (χ2n) is 12.5. The van der Waals surface area contributed by atoms with E-state index in [1.54, 1.807) is 0 Å². The van der Waals surface area contributed by atoms with Crippen molar-refractivity contribution in [2.24, 2.45) is 0 Å². The molecule has 3 fully saturated rings. The van der Waals surface area contributed by atoms with Crippen LogP contribution in [0.4, 0.5) is 0 Å². The van der Waals surface area contributed by atoms with Crippen molar-refractivity contribution in [2.75, 3.05) is 13.2 Å². The second-order valence-corrected chi connectivity index (χ2v) is 12.5. The number of phenolic OH excluding ortho intramolecular Hbond substituents is 3. The number of aliphatic hydroxyl groups excluding tert-OH is 8. The molecule has 1 aromatic heterocycles. The molecule has 19 nitrogen and oxygen atoms in total. The van der Waals surface area contributed by atoms with Crippen molar-refractivity contribution in [3.8, 4) is 34.3 Å². The Morgan fingerprint density at radius 2 is 1.43 bits per heavy atom. The van der Waals surface area contributed by atoms with Crippen LogP contribution in [0.3, 0.4) is 0 Å². The van der Waals surface area contributed by atoms with Gasteiger partial charge in [0.1, 0.15) is 83.2 Å². The van der Waals surface area contributed by atoms with Crippen LogP contribution in [0.25, 0.3) is 22.3 Å². The summed E-state index contributed by atoms with van der Waals surface area (Å²) in [6.07, 6.45) is -23.4. The molecule has 0 unspecified atom stereocenters. The minimum absolute atomic E-state index is 0.139. The van der Waals surface area contributed by atoms with Crippen molar-refractivity contribution in [3.05, 3.63) is 46.6 Å². The maximum atomic E-state index is 14.0. The Balaban J connectivity index is 1.38. The number of aromatic hydroxyl groups is 3. The van der Waals surface area contributed by atoms with Crippen molar-refractivity contribution < 1.29 is 89.0 Å². The molecule has 0 bridgehead atoms. The van der Waals surface area contributed by atoms with Gasteiger partial charge in [0.05, 0.1) is 19.3 Å². The molecular weight excluding hydrogens is 688 g/mol. The van der Waals surface area contributed by atoms with Crippen LogP contribution >= 0.6 is 0 Å². The Kier molecular flexibility index (Phi) is 10.7. The predicted molar refractivity (Wildman–Crippen MR) is 165 cm³/mol. The summed E-state index contributed by atoms with van der Waals surface area (Å²) in [5.41, 5.74) is -1.15. The maximum absolute atomic E-state index is 14.0. The standard InChI is InChI=1S/C32H38O19/c1-10-19(37)23(41)26(44)30(47-10)46-9-17-21(39)24(42)29(51-31-25(43)20(38)15(36)8-45-31)32(49-17)50-28-22(40)18-14(35)6-13(34)7-16(18)48-27(28)11-2-4-12(33)5-3-11/h2-7,10,15,17,19-21,23-26,29-39,41-44H,8-9H2,1H3/t10-,15-,17+,19+,20+,21+,23-,24-,25+,26-,29+,30-,31+,32-/m1/s1. The minimum atomic E-state index is -1.99. The van der Waals surface area contributed by atoms with Crippen LogP contribution in [-0.2, 0) is 23.7 Å².